The molecular weight excluding hydrogens is 164 g/mol. The lowest BCUT2D eigenvalue weighted by molar-refractivity contribution is 0.401. The van der Waals surface area contributed by atoms with Gasteiger partial charge < -0.3 is 4.42 Å². The lowest BCUT2D eigenvalue weighted by Crippen LogP contribution is -2.27. The summed E-state index contributed by atoms with van der Waals surface area (Å²) < 4.78 is 5.25. The van der Waals surface area contributed by atoms with E-state index in [9.17, 15) is 0 Å². The van der Waals surface area contributed by atoms with Gasteiger partial charge in [-0.05, 0) is 31.9 Å². The first-order valence-electron chi connectivity index (χ1n) is 4.38. The number of furan rings is 1. The van der Waals surface area contributed by atoms with Crippen LogP contribution in [0.5, 0.6) is 0 Å². The highest BCUT2D eigenvalue weighted by Crippen LogP contribution is 2.19. The van der Waals surface area contributed by atoms with Gasteiger partial charge in [0.2, 0.25) is 0 Å². The summed E-state index contributed by atoms with van der Waals surface area (Å²) in [6.45, 7) is 5.85. The lowest BCUT2D eigenvalue weighted by atomic mass is 10.1. The SMILES string of the molecule is C=C(C)CCC(NN)c1ccco1. The van der Waals surface area contributed by atoms with Gasteiger partial charge in [-0.1, -0.05) is 5.57 Å². The van der Waals surface area contributed by atoms with Crippen LogP contribution in [-0.2, 0) is 0 Å². The monoisotopic (exact) mass is 180 g/mol. The molecule has 3 N–H and O–H groups in total. The second-order valence-electron chi connectivity index (χ2n) is 3.23. The van der Waals surface area contributed by atoms with Crippen molar-refractivity contribution in [3.63, 3.8) is 0 Å². The van der Waals surface area contributed by atoms with E-state index in [4.69, 9.17) is 10.3 Å². The zero-order valence-corrected chi connectivity index (χ0v) is 7.92. The molecule has 0 amide bonds. The van der Waals surface area contributed by atoms with Crippen molar-refractivity contribution < 1.29 is 4.42 Å². The largest absolute Gasteiger partial charge is 0.468 e. The topological polar surface area (TPSA) is 51.2 Å². The second-order valence-corrected chi connectivity index (χ2v) is 3.23. The Morgan fingerprint density at radius 2 is 2.54 bits per heavy atom. The molecule has 1 aromatic rings. The molecular formula is C10H16N2O. The predicted octanol–water partition coefficient (Wildman–Crippen LogP) is 2.14. The van der Waals surface area contributed by atoms with Crippen LogP contribution in [-0.4, -0.2) is 0 Å². The highest BCUT2D eigenvalue weighted by atomic mass is 16.3. The molecule has 0 saturated heterocycles. The van der Waals surface area contributed by atoms with Crippen LogP contribution in [0.2, 0.25) is 0 Å². The van der Waals surface area contributed by atoms with E-state index in [0.717, 1.165) is 24.2 Å². The smallest absolute Gasteiger partial charge is 0.122 e. The quantitative estimate of drug-likeness (QED) is 0.414. The summed E-state index contributed by atoms with van der Waals surface area (Å²) in [4.78, 5) is 0. The third-order valence-electron chi connectivity index (χ3n) is 1.95. The third kappa shape index (κ3) is 3.05. The first kappa shape index (κ1) is 10.0. The van der Waals surface area contributed by atoms with E-state index in [-0.39, 0.29) is 6.04 Å². The molecule has 1 rings (SSSR count). The van der Waals surface area contributed by atoms with Gasteiger partial charge in [0.25, 0.3) is 0 Å². The molecule has 0 aliphatic rings. The van der Waals surface area contributed by atoms with Crippen LogP contribution in [0.3, 0.4) is 0 Å². The van der Waals surface area contributed by atoms with Gasteiger partial charge in [-0.3, -0.25) is 5.84 Å². The molecule has 72 valence electrons. The van der Waals surface area contributed by atoms with E-state index < -0.39 is 0 Å². The zero-order chi connectivity index (χ0) is 9.68. The Hall–Kier alpha value is -1.06. The Balaban J connectivity index is 2.49. The molecule has 0 saturated carbocycles. The van der Waals surface area contributed by atoms with Gasteiger partial charge in [0.15, 0.2) is 0 Å². The standard InChI is InChI=1S/C10H16N2O/c1-8(2)5-6-9(12-11)10-4-3-7-13-10/h3-4,7,9,12H,1,5-6,11H2,2H3. The van der Waals surface area contributed by atoms with E-state index in [1.807, 2.05) is 19.1 Å². The molecule has 0 bridgehead atoms. The van der Waals surface area contributed by atoms with Crippen molar-refractivity contribution in [2.45, 2.75) is 25.8 Å². The molecule has 0 aromatic carbocycles. The number of nitrogens with one attached hydrogen (secondary N) is 1. The van der Waals surface area contributed by atoms with Crippen molar-refractivity contribution in [3.05, 3.63) is 36.3 Å². The average Bonchev–Trinajstić information content (AvgIpc) is 2.58. The summed E-state index contributed by atoms with van der Waals surface area (Å²) >= 11 is 0. The summed E-state index contributed by atoms with van der Waals surface area (Å²) in [6, 6.07) is 3.87. The number of hydrogen-bond acceptors (Lipinski definition) is 3. The predicted molar refractivity (Wildman–Crippen MR) is 52.8 cm³/mol. The fourth-order valence-corrected chi connectivity index (χ4v) is 1.19. The normalized spacial score (nSPS) is 12.8. The molecule has 1 atom stereocenters. The third-order valence-corrected chi connectivity index (χ3v) is 1.95. The van der Waals surface area contributed by atoms with Gasteiger partial charge in [-0.2, -0.15) is 0 Å². The van der Waals surface area contributed by atoms with Crippen LogP contribution in [0.15, 0.2) is 35.0 Å². The Kier molecular flexibility index (Phi) is 3.73. The van der Waals surface area contributed by atoms with Crippen LogP contribution in [0, 0.1) is 0 Å². The maximum Gasteiger partial charge on any atom is 0.122 e. The van der Waals surface area contributed by atoms with Crippen molar-refractivity contribution >= 4 is 0 Å². The minimum atomic E-state index is 0.0895. The van der Waals surface area contributed by atoms with E-state index >= 15 is 0 Å². The molecule has 3 nitrogen and oxygen atoms in total. The maximum absolute atomic E-state index is 5.41. The Morgan fingerprint density at radius 3 is 3.00 bits per heavy atom. The van der Waals surface area contributed by atoms with Gasteiger partial charge in [0, 0.05) is 0 Å². The van der Waals surface area contributed by atoms with E-state index in [1.165, 1.54) is 0 Å². The van der Waals surface area contributed by atoms with Crippen molar-refractivity contribution in [1.29, 1.82) is 0 Å². The van der Waals surface area contributed by atoms with Gasteiger partial charge in [0.05, 0.1) is 12.3 Å². The minimum absolute atomic E-state index is 0.0895. The number of hydrazine groups is 1. The molecule has 0 aliphatic heterocycles. The van der Waals surface area contributed by atoms with Crippen LogP contribution in [0.1, 0.15) is 31.6 Å². The first-order chi connectivity index (χ1) is 6.24. The first-order valence-corrected chi connectivity index (χ1v) is 4.38. The Bertz CT molecular complexity index is 254. The minimum Gasteiger partial charge on any atom is -0.468 e. The number of allylic oxidation sites excluding steroid dienone is 1. The molecule has 0 fully saturated rings. The highest BCUT2D eigenvalue weighted by Gasteiger charge is 2.11. The Morgan fingerprint density at radius 1 is 1.77 bits per heavy atom. The van der Waals surface area contributed by atoms with E-state index in [0.29, 0.717) is 0 Å². The average molecular weight is 180 g/mol. The van der Waals surface area contributed by atoms with Crippen LogP contribution < -0.4 is 11.3 Å². The molecule has 13 heavy (non-hydrogen) atoms. The summed E-state index contributed by atoms with van der Waals surface area (Å²) in [5, 5.41) is 0. The van der Waals surface area contributed by atoms with Gasteiger partial charge in [0.1, 0.15) is 5.76 Å². The van der Waals surface area contributed by atoms with Crippen molar-refractivity contribution in [2.24, 2.45) is 5.84 Å². The molecule has 0 spiro atoms. The molecule has 1 unspecified atom stereocenters. The summed E-state index contributed by atoms with van der Waals surface area (Å²) in [5.41, 5.74) is 3.88. The van der Waals surface area contributed by atoms with Crippen LogP contribution in [0.25, 0.3) is 0 Å². The highest BCUT2D eigenvalue weighted by molar-refractivity contribution is 5.04. The summed E-state index contributed by atoms with van der Waals surface area (Å²) in [5.74, 6) is 6.29. The molecule has 1 heterocycles. The summed E-state index contributed by atoms with van der Waals surface area (Å²) in [6.07, 6.45) is 3.52. The van der Waals surface area contributed by atoms with Gasteiger partial charge in [-0.15, -0.1) is 6.58 Å². The van der Waals surface area contributed by atoms with Gasteiger partial charge in [-0.25, -0.2) is 5.43 Å². The Labute approximate surface area is 78.6 Å². The molecule has 3 heteroatoms. The van der Waals surface area contributed by atoms with Crippen LogP contribution >= 0.6 is 0 Å². The fourth-order valence-electron chi connectivity index (χ4n) is 1.19. The van der Waals surface area contributed by atoms with E-state index in [1.54, 1.807) is 6.26 Å². The molecule has 0 aliphatic carbocycles. The number of nitrogens with two attached hydrogens (primary N) is 1. The fraction of sp³-hybridized carbons (Fsp3) is 0.400. The van der Waals surface area contributed by atoms with Crippen LogP contribution in [0.4, 0.5) is 0 Å². The molecule has 0 radical (unpaired) electrons. The summed E-state index contributed by atoms with van der Waals surface area (Å²) in [7, 11) is 0. The van der Waals surface area contributed by atoms with Crippen molar-refractivity contribution in [1.82, 2.24) is 5.43 Å². The number of hydrogen-bond donors (Lipinski definition) is 2. The number of rotatable bonds is 5. The molecule has 1 aromatic heterocycles. The van der Waals surface area contributed by atoms with Gasteiger partial charge >= 0.3 is 0 Å². The van der Waals surface area contributed by atoms with E-state index in [2.05, 4.69) is 12.0 Å². The van der Waals surface area contributed by atoms with Crippen molar-refractivity contribution in [3.8, 4) is 0 Å². The van der Waals surface area contributed by atoms with Crippen molar-refractivity contribution in [2.75, 3.05) is 0 Å². The zero-order valence-electron chi connectivity index (χ0n) is 7.92. The lowest BCUT2D eigenvalue weighted by Gasteiger charge is -2.12. The second kappa shape index (κ2) is 4.84. The maximum atomic E-state index is 5.41.